The first-order chi connectivity index (χ1) is 9.13. The standard InChI is InChI=1S/C14H20N4O/c1-10(2)18-14(13(19-3)9-17-18)12(15)7-11-5-4-6-16-8-11/h4-6,8-10,12H,7,15H2,1-3H3. The van der Waals surface area contributed by atoms with Crippen LogP contribution in [-0.4, -0.2) is 21.9 Å². The van der Waals surface area contributed by atoms with Gasteiger partial charge in [-0.25, -0.2) is 0 Å². The third kappa shape index (κ3) is 2.93. The van der Waals surface area contributed by atoms with Crippen LogP contribution in [0.2, 0.25) is 0 Å². The molecule has 102 valence electrons. The van der Waals surface area contributed by atoms with Crippen molar-refractivity contribution in [3.63, 3.8) is 0 Å². The lowest BCUT2D eigenvalue weighted by Gasteiger charge is -2.18. The van der Waals surface area contributed by atoms with Gasteiger partial charge in [0.25, 0.3) is 0 Å². The van der Waals surface area contributed by atoms with Crippen molar-refractivity contribution in [2.45, 2.75) is 32.4 Å². The summed E-state index contributed by atoms with van der Waals surface area (Å²) in [5.74, 6) is 0.741. The van der Waals surface area contributed by atoms with Crippen LogP contribution in [0.4, 0.5) is 0 Å². The number of aromatic nitrogens is 3. The van der Waals surface area contributed by atoms with Crippen molar-refractivity contribution in [2.24, 2.45) is 5.73 Å². The normalized spacial score (nSPS) is 12.7. The summed E-state index contributed by atoms with van der Waals surface area (Å²) in [5.41, 5.74) is 8.35. The minimum absolute atomic E-state index is 0.163. The van der Waals surface area contributed by atoms with Crippen LogP contribution in [-0.2, 0) is 6.42 Å². The summed E-state index contributed by atoms with van der Waals surface area (Å²) in [6.45, 7) is 4.15. The summed E-state index contributed by atoms with van der Waals surface area (Å²) in [5, 5.41) is 4.35. The molecule has 0 saturated heterocycles. The quantitative estimate of drug-likeness (QED) is 0.894. The van der Waals surface area contributed by atoms with Crippen LogP contribution in [0.5, 0.6) is 5.75 Å². The second-order valence-corrected chi connectivity index (χ2v) is 4.81. The molecular weight excluding hydrogens is 240 g/mol. The molecule has 0 aliphatic heterocycles. The zero-order valence-electron chi connectivity index (χ0n) is 11.6. The van der Waals surface area contributed by atoms with E-state index in [1.54, 1.807) is 19.5 Å². The Morgan fingerprint density at radius 1 is 1.37 bits per heavy atom. The molecule has 1 unspecified atom stereocenters. The highest BCUT2D eigenvalue weighted by Crippen LogP contribution is 2.28. The molecule has 0 fully saturated rings. The largest absolute Gasteiger partial charge is 0.493 e. The number of nitrogens with zero attached hydrogens (tertiary/aromatic N) is 3. The Kier molecular flexibility index (Phi) is 4.16. The van der Waals surface area contributed by atoms with E-state index in [-0.39, 0.29) is 12.1 Å². The molecular formula is C14H20N4O. The highest BCUT2D eigenvalue weighted by atomic mass is 16.5. The molecule has 0 aromatic carbocycles. The van der Waals surface area contributed by atoms with Gasteiger partial charge in [0.05, 0.1) is 25.0 Å². The number of hydrogen-bond donors (Lipinski definition) is 1. The van der Waals surface area contributed by atoms with Crippen molar-refractivity contribution in [3.05, 3.63) is 42.0 Å². The summed E-state index contributed by atoms with van der Waals surface area (Å²) >= 11 is 0. The SMILES string of the molecule is COc1cnn(C(C)C)c1C(N)Cc1cccnc1. The van der Waals surface area contributed by atoms with E-state index in [2.05, 4.69) is 23.9 Å². The van der Waals surface area contributed by atoms with Gasteiger partial charge in [0.2, 0.25) is 0 Å². The Labute approximate surface area is 113 Å². The maximum Gasteiger partial charge on any atom is 0.161 e. The van der Waals surface area contributed by atoms with Crippen LogP contribution >= 0.6 is 0 Å². The summed E-state index contributed by atoms with van der Waals surface area (Å²) in [7, 11) is 1.64. The summed E-state index contributed by atoms with van der Waals surface area (Å²) in [6, 6.07) is 4.02. The Hall–Kier alpha value is -1.88. The minimum atomic E-state index is -0.163. The highest BCUT2D eigenvalue weighted by molar-refractivity contribution is 5.30. The third-order valence-corrected chi connectivity index (χ3v) is 3.04. The molecule has 5 heteroatoms. The molecule has 0 bridgehead atoms. The van der Waals surface area contributed by atoms with Gasteiger partial charge >= 0.3 is 0 Å². The molecule has 0 spiro atoms. The van der Waals surface area contributed by atoms with Crippen LogP contribution in [0.25, 0.3) is 0 Å². The maximum absolute atomic E-state index is 6.32. The Morgan fingerprint density at radius 3 is 2.74 bits per heavy atom. The van der Waals surface area contributed by atoms with E-state index in [9.17, 15) is 0 Å². The first-order valence-corrected chi connectivity index (χ1v) is 6.39. The number of rotatable bonds is 5. The van der Waals surface area contributed by atoms with Gasteiger partial charge in [-0.3, -0.25) is 9.67 Å². The monoisotopic (exact) mass is 260 g/mol. The molecule has 2 N–H and O–H groups in total. The van der Waals surface area contributed by atoms with Gasteiger partial charge in [0.1, 0.15) is 0 Å². The van der Waals surface area contributed by atoms with E-state index in [0.29, 0.717) is 6.42 Å². The maximum atomic E-state index is 6.32. The molecule has 19 heavy (non-hydrogen) atoms. The van der Waals surface area contributed by atoms with Crippen molar-refractivity contribution < 1.29 is 4.74 Å². The van der Waals surface area contributed by atoms with Crippen molar-refractivity contribution >= 4 is 0 Å². The lowest BCUT2D eigenvalue weighted by molar-refractivity contribution is 0.396. The molecule has 2 heterocycles. The third-order valence-electron chi connectivity index (χ3n) is 3.04. The topological polar surface area (TPSA) is 66.0 Å². The molecule has 2 aromatic heterocycles. The number of hydrogen-bond acceptors (Lipinski definition) is 4. The van der Waals surface area contributed by atoms with Gasteiger partial charge in [-0.1, -0.05) is 6.07 Å². The lowest BCUT2D eigenvalue weighted by Crippen LogP contribution is -2.20. The predicted molar refractivity (Wildman–Crippen MR) is 74.0 cm³/mol. The van der Waals surface area contributed by atoms with E-state index < -0.39 is 0 Å². The smallest absolute Gasteiger partial charge is 0.161 e. The number of nitrogens with two attached hydrogens (primary N) is 1. The minimum Gasteiger partial charge on any atom is -0.493 e. The van der Waals surface area contributed by atoms with Gasteiger partial charge in [-0.2, -0.15) is 5.10 Å². The fourth-order valence-corrected chi connectivity index (χ4v) is 2.15. The fraction of sp³-hybridized carbons (Fsp3) is 0.429. The first-order valence-electron chi connectivity index (χ1n) is 6.39. The molecule has 0 amide bonds. The molecule has 2 aromatic rings. The summed E-state index contributed by atoms with van der Waals surface area (Å²) in [6.07, 6.45) is 6.03. The van der Waals surface area contributed by atoms with Gasteiger partial charge < -0.3 is 10.5 Å². The Balaban J connectivity index is 2.27. The van der Waals surface area contributed by atoms with Crippen LogP contribution in [0.3, 0.4) is 0 Å². The van der Waals surface area contributed by atoms with Crippen LogP contribution in [0, 0.1) is 0 Å². The van der Waals surface area contributed by atoms with Gasteiger partial charge in [0.15, 0.2) is 5.75 Å². The van der Waals surface area contributed by atoms with Crippen LogP contribution < -0.4 is 10.5 Å². The molecule has 1 atom stereocenters. The lowest BCUT2D eigenvalue weighted by atomic mass is 10.0. The number of methoxy groups -OCH3 is 1. The van der Waals surface area contributed by atoms with E-state index in [0.717, 1.165) is 17.0 Å². The average Bonchev–Trinajstić information content (AvgIpc) is 2.83. The average molecular weight is 260 g/mol. The first kappa shape index (κ1) is 13.5. The van der Waals surface area contributed by atoms with Gasteiger partial charge in [-0.05, 0) is 31.9 Å². The van der Waals surface area contributed by atoms with Crippen LogP contribution in [0.15, 0.2) is 30.7 Å². The van der Waals surface area contributed by atoms with Crippen molar-refractivity contribution in [1.29, 1.82) is 0 Å². The predicted octanol–water partition coefficient (Wildman–Crippen LogP) is 2.11. The highest BCUT2D eigenvalue weighted by Gasteiger charge is 2.20. The van der Waals surface area contributed by atoms with Crippen molar-refractivity contribution in [1.82, 2.24) is 14.8 Å². The van der Waals surface area contributed by atoms with E-state index >= 15 is 0 Å². The van der Waals surface area contributed by atoms with E-state index in [4.69, 9.17) is 10.5 Å². The Morgan fingerprint density at radius 2 is 2.16 bits per heavy atom. The zero-order chi connectivity index (χ0) is 13.8. The van der Waals surface area contributed by atoms with Crippen LogP contribution in [0.1, 0.15) is 37.2 Å². The second kappa shape index (κ2) is 5.84. The number of pyridine rings is 1. The van der Waals surface area contributed by atoms with Gasteiger partial charge in [0, 0.05) is 18.4 Å². The summed E-state index contributed by atoms with van der Waals surface area (Å²) < 4.78 is 7.27. The molecule has 0 radical (unpaired) electrons. The van der Waals surface area contributed by atoms with Crippen molar-refractivity contribution in [2.75, 3.05) is 7.11 Å². The second-order valence-electron chi connectivity index (χ2n) is 4.81. The zero-order valence-corrected chi connectivity index (χ0v) is 11.6. The van der Waals surface area contributed by atoms with E-state index in [1.165, 1.54) is 0 Å². The fourth-order valence-electron chi connectivity index (χ4n) is 2.15. The molecule has 0 saturated carbocycles. The van der Waals surface area contributed by atoms with Crippen molar-refractivity contribution in [3.8, 4) is 5.75 Å². The molecule has 0 aliphatic rings. The van der Waals surface area contributed by atoms with E-state index in [1.807, 2.05) is 23.0 Å². The van der Waals surface area contributed by atoms with Gasteiger partial charge in [-0.15, -0.1) is 0 Å². The summed E-state index contributed by atoms with van der Waals surface area (Å²) in [4.78, 5) is 4.11. The molecule has 2 rings (SSSR count). The Bertz CT molecular complexity index is 521. The molecule has 0 aliphatic carbocycles. The molecule has 5 nitrogen and oxygen atoms in total. The number of ether oxygens (including phenoxy) is 1.